The highest BCUT2D eigenvalue weighted by Crippen LogP contribution is 2.36. The van der Waals surface area contributed by atoms with Gasteiger partial charge >= 0.3 is 0 Å². The van der Waals surface area contributed by atoms with E-state index in [2.05, 4.69) is 39.3 Å². The number of hydrogen-bond donors (Lipinski definition) is 1. The summed E-state index contributed by atoms with van der Waals surface area (Å²) in [6, 6.07) is 8.71. The van der Waals surface area contributed by atoms with Crippen LogP contribution in [-0.4, -0.2) is 88.7 Å². The maximum absolute atomic E-state index is 12.3. The minimum atomic E-state index is -0.737. The van der Waals surface area contributed by atoms with Crippen molar-refractivity contribution in [2.24, 2.45) is 11.0 Å². The highest BCUT2D eigenvalue weighted by molar-refractivity contribution is 5.81. The fourth-order valence-electron chi connectivity index (χ4n) is 5.51. The van der Waals surface area contributed by atoms with Crippen LogP contribution in [-0.2, 0) is 16.1 Å². The van der Waals surface area contributed by atoms with Gasteiger partial charge in [0.2, 0.25) is 11.8 Å². The van der Waals surface area contributed by atoms with Crippen molar-refractivity contribution in [2.45, 2.75) is 63.6 Å². The summed E-state index contributed by atoms with van der Waals surface area (Å²) in [5.74, 6) is 0.693. The topological polar surface area (TPSA) is 79.7 Å². The number of amides is 2. The maximum atomic E-state index is 12.3. The van der Waals surface area contributed by atoms with E-state index in [9.17, 15) is 14.7 Å². The number of nitrogens with zero attached hydrogens (tertiary/aromatic N) is 5. The predicted molar refractivity (Wildman–Crippen MR) is 131 cm³/mol. The number of piperazine rings is 1. The molecule has 0 radical (unpaired) electrons. The maximum Gasteiger partial charge on any atom is 0.225 e. The molecule has 1 aromatic carbocycles. The lowest BCUT2D eigenvalue weighted by Crippen LogP contribution is -2.49. The molecule has 1 unspecified atom stereocenters. The molecule has 2 saturated heterocycles. The monoisotopic (exact) mass is 467 g/mol. The smallest absolute Gasteiger partial charge is 0.225 e. The van der Waals surface area contributed by atoms with Crippen molar-refractivity contribution in [3.8, 4) is 0 Å². The van der Waals surface area contributed by atoms with E-state index in [1.54, 1.807) is 6.92 Å². The van der Waals surface area contributed by atoms with Gasteiger partial charge in [0.25, 0.3) is 0 Å². The van der Waals surface area contributed by atoms with Crippen molar-refractivity contribution < 1.29 is 14.7 Å². The SMILES string of the molecule is CC(=O)N1CCN(Cc2ccc(N3N=CCC3CC3(O)CCN(C(=O)C4CC4)CC3)cc2)CC1. The predicted octanol–water partition coefficient (Wildman–Crippen LogP) is 2.07. The van der Waals surface area contributed by atoms with Crippen LogP contribution in [0.25, 0.3) is 0 Å². The van der Waals surface area contributed by atoms with Crippen LogP contribution in [0.2, 0.25) is 0 Å². The Morgan fingerprint density at radius 1 is 1.00 bits per heavy atom. The molecule has 3 fully saturated rings. The number of aliphatic hydroxyl groups is 1. The number of benzene rings is 1. The fraction of sp³-hybridized carbons (Fsp3) is 0.654. The molecule has 1 saturated carbocycles. The van der Waals surface area contributed by atoms with Crippen LogP contribution in [0.4, 0.5) is 5.69 Å². The van der Waals surface area contributed by atoms with E-state index in [0.29, 0.717) is 32.4 Å². The zero-order valence-corrected chi connectivity index (χ0v) is 20.2. The molecule has 184 valence electrons. The standard InChI is InChI=1S/C26H37N5O3/c1-20(32)29-16-14-28(15-17-29)19-21-2-6-23(7-3-21)31-24(8-11-27-31)18-26(34)9-12-30(13-10-26)25(33)22-4-5-22/h2-3,6-7,11,22,24,34H,4-5,8-10,12-19H2,1H3. The van der Waals surface area contributed by atoms with Gasteiger partial charge in [-0.2, -0.15) is 5.10 Å². The minimum Gasteiger partial charge on any atom is -0.390 e. The van der Waals surface area contributed by atoms with Crippen LogP contribution in [0.3, 0.4) is 0 Å². The van der Waals surface area contributed by atoms with Crippen LogP contribution < -0.4 is 5.01 Å². The number of hydrogen-bond acceptors (Lipinski definition) is 6. The summed E-state index contributed by atoms with van der Waals surface area (Å²) in [5, 5.41) is 17.9. The van der Waals surface area contributed by atoms with Gasteiger partial charge in [-0.1, -0.05) is 12.1 Å². The summed E-state index contributed by atoms with van der Waals surface area (Å²) in [6.07, 6.45) is 6.79. The second-order valence-electron chi connectivity index (χ2n) is 10.5. The van der Waals surface area contributed by atoms with Crippen LogP contribution in [0, 0.1) is 5.92 Å². The molecule has 8 heteroatoms. The van der Waals surface area contributed by atoms with Gasteiger partial charge < -0.3 is 14.9 Å². The third-order valence-corrected chi connectivity index (χ3v) is 7.90. The number of hydrazone groups is 1. The van der Waals surface area contributed by atoms with Gasteiger partial charge in [-0.25, -0.2) is 0 Å². The first-order valence-electron chi connectivity index (χ1n) is 12.8. The third-order valence-electron chi connectivity index (χ3n) is 7.90. The highest BCUT2D eigenvalue weighted by Gasteiger charge is 2.41. The van der Waals surface area contributed by atoms with Crippen molar-refractivity contribution >= 4 is 23.7 Å². The van der Waals surface area contributed by atoms with E-state index in [1.807, 2.05) is 16.0 Å². The summed E-state index contributed by atoms with van der Waals surface area (Å²) in [6.45, 7) is 7.25. The van der Waals surface area contributed by atoms with E-state index < -0.39 is 5.60 Å². The Balaban J connectivity index is 1.14. The molecule has 34 heavy (non-hydrogen) atoms. The molecule has 0 bridgehead atoms. The largest absolute Gasteiger partial charge is 0.390 e. The highest BCUT2D eigenvalue weighted by atomic mass is 16.3. The second kappa shape index (κ2) is 9.66. The van der Waals surface area contributed by atoms with E-state index in [1.165, 1.54) is 5.56 Å². The average molecular weight is 468 g/mol. The zero-order valence-electron chi connectivity index (χ0n) is 20.2. The van der Waals surface area contributed by atoms with Crippen LogP contribution in [0.15, 0.2) is 29.4 Å². The van der Waals surface area contributed by atoms with Crippen molar-refractivity contribution in [3.63, 3.8) is 0 Å². The Morgan fingerprint density at radius 2 is 1.68 bits per heavy atom. The number of carbonyl (C=O) groups excluding carboxylic acids is 2. The van der Waals surface area contributed by atoms with Crippen LogP contribution in [0.5, 0.6) is 0 Å². The molecular formula is C26H37N5O3. The van der Waals surface area contributed by atoms with Gasteiger partial charge in [0, 0.05) is 71.3 Å². The number of carbonyl (C=O) groups is 2. The summed E-state index contributed by atoms with van der Waals surface area (Å²) >= 11 is 0. The Kier molecular flexibility index (Phi) is 6.62. The minimum absolute atomic E-state index is 0.140. The Morgan fingerprint density at radius 3 is 2.29 bits per heavy atom. The van der Waals surface area contributed by atoms with Crippen molar-refractivity contribution in [1.82, 2.24) is 14.7 Å². The molecule has 1 aliphatic carbocycles. The fourth-order valence-corrected chi connectivity index (χ4v) is 5.51. The zero-order chi connectivity index (χ0) is 23.7. The average Bonchev–Trinajstić information content (AvgIpc) is 3.59. The number of piperidine rings is 1. The first-order valence-corrected chi connectivity index (χ1v) is 12.8. The van der Waals surface area contributed by atoms with E-state index in [-0.39, 0.29) is 23.8 Å². The van der Waals surface area contributed by atoms with Gasteiger partial charge in [-0.15, -0.1) is 0 Å². The van der Waals surface area contributed by atoms with Gasteiger partial charge in [-0.05, 0) is 49.8 Å². The van der Waals surface area contributed by atoms with E-state index in [4.69, 9.17) is 0 Å². The molecule has 0 spiro atoms. The molecule has 4 aliphatic rings. The molecule has 1 aromatic rings. The van der Waals surface area contributed by atoms with Crippen molar-refractivity contribution in [2.75, 3.05) is 44.3 Å². The molecule has 2 amide bonds. The molecule has 1 N–H and O–H groups in total. The molecule has 0 aromatic heterocycles. The van der Waals surface area contributed by atoms with Gasteiger partial charge in [0.1, 0.15) is 0 Å². The lowest BCUT2D eigenvalue weighted by Gasteiger charge is -2.40. The summed E-state index contributed by atoms with van der Waals surface area (Å²) in [5.41, 5.74) is 1.57. The van der Waals surface area contributed by atoms with E-state index >= 15 is 0 Å². The molecular weight excluding hydrogens is 430 g/mol. The Hall–Kier alpha value is -2.45. The molecule has 5 rings (SSSR count). The number of anilines is 1. The summed E-state index contributed by atoms with van der Waals surface area (Å²) < 4.78 is 0. The summed E-state index contributed by atoms with van der Waals surface area (Å²) in [7, 11) is 0. The summed E-state index contributed by atoms with van der Waals surface area (Å²) in [4.78, 5) is 30.1. The third kappa shape index (κ3) is 5.28. The lowest BCUT2D eigenvalue weighted by molar-refractivity contribution is -0.137. The Labute approximate surface area is 202 Å². The van der Waals surface area contributed by atoms with Gasteiger partial charge in [0.05, 0.1) is 17.3 Å². The van der Waals surface area contributed by atoms with E-state index in [0.717, 1.165) is 57.7 Å². The van der Waals surface area contributed by atoms with Crippen LogP contribution in [0.1, 0.15) is 51.0 Å². The quantitative estimate of drug-likeness (QED) is 0.693. The lowest BCUT2D eigenvalue weighted by atomic mass is 9.84. The normalized spacial score (nSPS) is 25.1. The molecule has 3 aliphatic heterocycles. The number of rotatable bonds is 6. The molecule has 8 nitrogen and oxygen atoms in total. The molecule has 3 heterocycles. The van der Waals surface area contributed by atoms with Gasteiger partial charge in [0.15, 0.2) is 0 Å². The first-order chi connectivity index (χ1) is 16.4. The Bertz CT molecular complexity index is 913. The van der Waals surface area contributed by atoms with Crippen LogP contribution >= 0.6 is 0 Å². The second-order valence-corrected chi connectivity index (χ2v) is 10.5. The molecule has 1 atom stereocenters. The number of likely N-dealkylation sites (tertiary alicyclic amines) is 1. The first kappa shape index (κ1) is 23.3. The van der Waals surface area contributed by atoms with Gasteiger partial charge in [-0.3, -0.25) is 19.5 Å². The van der Waals surface area contributed by atoms with Crippen molar-refractivity contribution in [1.29, 1.82) is 0 Å². The van der Waals surface area contributed by atoms with Crippen molar-refractivity contribution in [3.05, 3.63) is 29.8 Å².